The van der Waals surface area contributed by atoms with Gasteiger partial charge in [-0.1, -0.05) is 60.7 Å². The first-order valence-corrected chi connectivity index (χ1v) is 13.8. The molecule has 1 unspecified atom stereocenters. The molecule has 0 radical (unpaired) electrons. The topological polar surface area (TPSA) is 86.3 Å². The number of nitrogens with one attached hydrogen (secondary N) is 1. The van der Waals surface area contributed by atoms with Crippen LogP contribution in [0.5, 0.6) is 0 Å². The normalized spacial score (nSPS) is 18.0. The lowest BCUT2D eigenvalue weighted by Gasteiger charge is -2.43. The van der Waals surface area contributed by atoms with Gasteiger partial charge in [-0.25, -0.2) is 0 Å². The van der Waals surface area contributed by atoms with Crippen molar-refractivity contribution in [2.75, 3.05) is 14.1 Å². The number of H-pyrrole nitrogens is 1. The number of fused-ring (bicyclic) bond motifs is 1. The lowest BCUT2D eigenvalue weighted by atomic mass is 9.75. The second-order valence-corrected chi connectivity index (χ2v) is 11.1. The molecule has 0 bridgehead atoms. The summed E-state index contributed by atoms with van der Waals surface area (Å²) in [6.45, 7) is 0. The van der Waals surface area contributed by atoms with Crippen LogP contribution in [0.2, 0.25) is 0 Å². The van der Waals surface area contributed by atoms with Crippen LogP contribution in [0.3, 0.4) is 0 Å². The minimum absolute atomic E-state index is 0.0535. The number of nitrogens with zero attached hydrogens (tertiary/aromatic N) is 2. The summed E-state index contributed by atoms with van der Waals surface area (Å²) in [6.07, 6.45) is 8.36. The highest BCUT2D eigenvalue weighted by atomic mass is 32.2. The monoisotopic (exact) mass is 557 g/mol. The number of hydrogen-bond acceptors (Lipinski definition) is 4. The number of pyridine rings is 1. The van der Waals surface area contributed by atoms with Crippen LogP contribution in [0.25, 0.3) is 16.5 Å². The number of alkyl halides is 3. The molecule has 2 aromatic heterocycles. The van der Waals surface area contributed by atoms with E-state index in [1.807, 2.05) is 12.3 Å². The van der Waals surface area contributed by atoms with Gasteiger partial charge < -0.3 is 4.98 Å². The molecule has 0 saturated carbocycles. The molecular formula is C29H30F3N3O3S. The van der Waals surface area contributed by atoms with Gasteiger partial charge in [0.25, 0.3) is 0 Å². The number of para-hydroxylation sites is 1. The summed E-state index contributed by atoms with van der Waals surface area (Å²) < 4.78 is 57.5. The van der Waals surface area contributed by atoms with Gasteiger partial charge in [-0.15, -0.1) is 0 Å². The van der Waals surface area contributed by atoms with Crippen LogP contribution in [0, 0.1) is 0 Å². The summed E-state index contributed by atoms with van der Waals surface area (Å²) in [4.78, 5) is 10.7. The highest BCUT2D eigenvalue weighted by Gasteiger charge is 2.44. The Kier molecular flexibility index (Phi) is 8.29. The molecule has 2 aromatic carbocycles. The maximum absolute atomic E-state index is 10.7. The summed E-state index contributed by atoms with van der Waals surface area (Å²) in [5.74, 6) is 0. The van der Waals surface area contributed by atoms with Gasteiger partial charge in [0, 0.05) is 40.4 Å². The fourth-order valence-corrected chi connectivity index (χ4v) is 5.08. The van der Waals surface area contributed by atoms with Crippen molar-refractivity contribution in [3.8, 4) is 0 Å². The SMILES string of the molecule is CN(C)C1(c2ccccc2)CC=C(c2[nH]c3ccccc3c2Cc2ccccn2)CC1.O=S(=O)(O)C(F)(F)F. The maximum atomic E-state index is 10.7. The van der Waals surface area contributed by atoms with Crippen LogP contribution < -0.4 is 0 Å². The summed E-state index contributed by atoms with van der Waals surface area (Å²) >= 11 is 0. The third kappa shape index (κ3) is 6.24. The van der Waals surface area contributed by atoms with Crippen molar-refractivity contribution in [2.24, 2.45) is 0 Å². The van der Waals surface area contributed by atoms with E-state index < -0.39 is 15.6 Å². The van der Waals surface area contributed by atoms with Crippen LogP contribution in [0.15, 0.2) is 85.1 Å². The average Bonchev–Trinajstić information content (AvgIpc) is 3.27. The molecule has 0 aliphatic heterocycles. The predicted molar refractivity (Wildman–Crippen MR) is 147 cm³/mol. The van der Waals surface area contributed by atoms with Crippen LogP contribution in [-0.2, 0) is 22.1 Å². The highest BCUT2D eigenvalue weighted by molar-refractivity contribution is 7.86. The number of aromatic nitrogens is 2. The molecule has 1 aliphatic rings. The summed E-state index contributed by atoms with van der Waals surface area (Å²) in [5.41, 5.74) is 2.31. The number of aromatic amines is 1. The van der Waals surface area contributed by atoms with E-state index >= 15 is 0 Å². The van der Waals surface area contributed by atoms with Gasteiger partial charge in [0.1, 0.15) is 0 Å². The second-order valence-electron chi connectivity index (χ2n) is 9.67. The lowest BCUT2D eigenvalue weighted by molar-refractivity contribution is -0.0510. The van der Waals surface area contributed by atoms with Gasteiger partial charge in [-0.2, -0.15) is 21.6 Å². The summed E-state index contributed by atoms with van der Waals surface area (Å²) in [6, 6.07) is 25.8. The molecule has 1 atom stereocenters. The first-order valence-electron chi connectivity index (χ1n) is 12.4. The molecule has 39 heavy (non-hydrogen) atoms. The zero-order chi connectivity index (χ0) is 28.3. The van der Waals surface area contributed by atoms with Gasteiger partial charge in [0.05, 0.1) is 0 Å². The van der Waals surface area contributed by atoms with Gasteiger partial charge in [-0.3, -0.25) is 14.4 Å². The van der Waals surface area contributed by atoms with Gasteiger partial charge in [0.2, 0.25) is 0 Å². The second kappa shape index (κ2) is 11.3. The molecule has 0 fully saturated rings. The smallest absolute Gasteiger partial charge is 0.355 e. The van der Waals surface area contributed by atoms with E-state index in [0.29, 0.717) is 0 Å². The van der Waals surface area contributed by atoms with Crippen molar-refractivity contribution in [3.05, 3.63) is 108 Å². The third-order valence-electron chi connectivity index (χ3n) is 7.17. The Morgan fingerprint density at radius 1 is 1.00 bits per heavy atom. The molecule has 1 aliphatic carbocycles. The Morgan fingerprint density at radius 2 is 1.64 bits per heavy atom. The Labute approximate surface area is 226 Å². The van der Waals surface area contributed by atoms with Crippen molar-refractivity contribution in [2.45, 2.75) is 36.7 Å². The minimum atomic E-state index is -5.84. The molecule has 5 rings (SSSR count). The molecule has 6 nitrogen and oxygen atoms in total. The number of hydrogen-bond donors (Lipinski definition) is 2. The quantitative estimate of drug-likeness (QED) is 0.214. The van der Waals surface area contributed by atoms with E-state index in [1.165, 1.54) is 33.3 Å². The molecule has 206 valence electrons. The maximum Gasteiger partial charge on any atom is 0.522 e. The van der Waals surface area contributed by atoms with Crippen molar-refractivity contribution in [3.63, 3.8) is 0 Å². The number of halogens is 3. The van der Waals surface area contributed by atoms with E-state index in [9.17, 15) is 13.2 Å². The van der Waals surface area contributed by atoms with Gasteiger partial charge in [-0.05, 0) is 68.3 Å². The van der Waals surface area contributed by atoms with Gasteiger partial charge in [0.15, 0.2) is 0 Å². The number of allylic oxidation sites excluding steroid dienone is 1. The van der Waals surface area contributed by atoms with E-state index in [0.717, 1.165) is 31.4 Å². The summed E-state index contributed by atoms with van der Waals surface area (Å²) in [5, 5.41) is 1.30. The Balaban J connectivity index is 0.000000386. The molecule has 10 heteroatoms. The predicted octanol–water partition coefficient (Wildman–Crippen LogP) is 6.57. The van der Waals surface area contributed by atoms with E-state index in [2.05, 4.69) is 102 Å². The molecule has 0 spiro atoms. The molecular weight excluding hydrogens is 527 g/mol. The highest BCUT2D eigenvalue weighted by Crippen LogP contribution is 2.44. The van der Waals surface area contributed by atoms with Crippen LogP contribution in [0.1, 0.15) is 41.8 Å². The van der Waals surface area contributed by atoms with E-state index in [4.69, 9.17) is 13.0 Å². The largest absolute Gasteiger partial charge is 0.522 e. The standard InChI is InChI=1S/C28H29N3.CHF3O3S/c1-31(2)28(22-10-4-3-5-11-22)17-15-21(16-18-28)27-25(20-23-12-8-9-19-29-23)24-13-6-7-14-26(24)30-27;2-1(3,4)8(5,6)7/h3-15,19,30H,16-18,20H2,1-2H3;(H,5,6,7). The zero-order valence-electron chi connectivity index (χ0n) is 21.6. The van der Waals surface area contributed by atoms with Crippen molar-refractivity contribution < 1.29 is 26.1 Å². The molecule has 2 heterocycles. The van der Waals surface area contributed by atoms with Crippen molar-refractivity contribution in [1.82, 2.24) is 14.9 Å². The Morgan fingerprint density at radius 3 is 2.21 bits per heavy atom. The van der Waals surface area contributed by atoms with Crippen molar-refractivity contribution in [1.29, 1.82) is 0 Å². The van der Waals surface area contributed by atoms with Crippen LogP contribution >= 0.6 is 0 Å². The van der Waals surface area contributed by atoms with Gasteiger partial charge >= 0.3 is 15.6 Å². The first-order chi connectivity index (χ1) is 18.4. The molecule has 0 saturated heterocycles. The fraction of sp³-hybridized carbons (Fsp3) is 0.276. The minimum Gasteiger partial charge on any atom is -0.355 e. The Bertz CT molecular complexity index is 1550. The number of rotatable bonds is 5. The zero-order valence-corrected chi connectivity index (χ0v) is 22.4. The lowest BCUT2D eigenvalue weighted by Crippen LogP contribution is -2.42. The number of benzene rings is 2. The fourth-order valence-electron chi connectivity index (χ4n) is 5.08. The molecule has 4 aromatic rings. The van der Waals surface area contributed by atoms with Crippen LogP contribution in [0.4, 0.5) is 13.2 Å². The average molecular weight is 558 g/mol. The summed E-state index contributed by atoms with van der Waals surface area (Å²) in [7, 11) is -1.42. The molecule has 2 N–H and O–H groups in total. The van der Waals surface area contributed by atoms with Crippen LogP contribution in [-0.4, -0.2) is 47.4 Å². The first kappa shape index (κ1) is 28.5. The van der Waals surface area contributed by atoms with E-state index in [-0.39, 0.29) is 5.54 Å². The van der Waals surface area contributed by atoms with E-state index in [1.54, 1.807) is 0 Å². The Hall–Kier alpha value is -3.47. The molecule has 0 amide bonds. The third-order valence-corrected chi connectivity index (χ3v) is 7.76. The van der Waals surface area contributed by atoms with Crippen molar-refractivity contribution >= 4 is 26.6 Å².